The average molecular weight is 530 g/mol. The summed E-state index contributed by atoms with van der Waals surface area (Å²) in [5.74, 6) is 0.899. The highest BCUT2D eigenvalue weighted by Gasteiger charge is 2.33. The number of benzene rings is 3. The van der Waals surface area contributed by atoms with Gasteiger partial charge in [0.1, 0.15) is 18.1 Å². The minimum atomic E-state index is -0.917. The van der Waals surface area contributed by atoms with E-state index in [1.54, 1.807) is 42.0 Å². The molecule has 0 aliphatic heterocycles. The van der Waals surface area contributed by atoms with Crippen LogP contribution in [0.1, 0.15) is 37.4 Å². The van der Waals surface area contributed by atoms with Gasteiger partial charge in [0.2, 0.25) is 11.8 Å². The molecule has 9 nitrogen and oxygen atoms in total. The Morgan fingerprint density at radius 1 is 0.949 bits per heavy atom. The highest BCUT2D eigenvalue weighted by atomic mass is 16.5. The Balaban J connectivity index is 1.75. The predicted molar refractivity (Wildman–Crippen MR) is 149 cm³/mol. The normalized spacial score (nSPS) is 11.8. The Morgan fingerprint density at radius 3 is 2.38 bits per heavy atom. The van der Waals surface area contributed by atoms with Crippen LogP contribution >= 0.6 is 0 Å². The summed E-state index contributed by atoms with van der Waals surface area (Å²) >= 11 is 0. The number of aromatic nitrogens is 3. The van der Waals surface area contributed by atoms with Crippen molar-refractivity contribution in [2.24, 2.45) is 5.92 Å². The Morgan fingerprint density at radius 2 is 1.67 bits per heavy atom. The van der Waals surface area contributed by atoms with Crippen molar-refractivity contribution in [2.45, 2.75) is 39.4 Å². The van der Waals surface area contributed by atoms with E-state index in [1.165, 1.54) is 0 Å². The Hall–Kier alpha value is -4.40. The summed E-state index contributed by atoms with van der Waals surface area (Å²) in [5.41, 5.74) is 2.95. The predicted octanol–water partition coefficient (Wildman–Crippen LogP) is 4.38. The van der Waals surface area contributed by atoms with Crippen molar-refractivity contribution in [1.29, 1.82) is 0 Å². The van der Waals surface area contributed by atoms with Gasteiger partial charge in [-0.05, 0) is 47.7 Å². The highest BCUT2D eigenvalue weighted by Crippen LogP contribution is 2.33. The molecule has 1 N–H and O–H groups in total. The second kappa shape index (κ2) is 12.9. The maximum atomic E-state index is 14.0. The third-order valence-corrected chi connectivity index (χ3v) is 6.53. The number of rotatable bonds is 12. The van der Waals surface area contributed by atoms with E-state index in [4.69, 9.17) is 9.47 Å². The average Bonchev–Trinajstić information content (AvgIpc) is 3.35. The lowest BCUT2D eigenvalue weighted by molar-refractivity contribution is -0.142. The molecular weight excluding hydrogens is 494 g/mol. The topological polar surface area (TPSA) is 98.6 Å². The molecule has 204 valence electrons. The van der Waals surface area contributed by atoms with Crippen molar-refractivity contribution in [3.8, 4) is 11.5 Å². The molecule has 0 bridgehead atoms. The second-order valence-corrected chi connectivity index (χ2v) is 9.73. The number of hydrogen-bond donors (Lipinski definition) is 1. The van der Waals surface area contributed by atoms with Gasteiger partial charge in [-0.15, -0.1) is 5.10 Å². The number of carbonyl (C=O) groups is 2. The zero-order valence-corrected chi connectivity index (χ0v) is 22.8. The van der Waals surface area contributed by atoms with E-state index in [2.05, 4.69) is 29.5 Å². The van der Waals surface area contributed by atoms with Gasteiger partial charge in [-0.25, -0.2) is 4.68 Å². The molecule has 0 aliphatic carbocycles. The van der Waals surface area contributed by atoms with Crippen LogP contribution in [-0.2, 0) is 22.7 Å². The third kappa shape index (κ3) is 6.73. The van der Waals surface area contributed by atoms with Gasteiger partial charge >= 0.3 is 0 Å². The number of fused-ring (bicyclic) bond motifs is 1. The molecule has 2 amide bonds. The summed E-state index contributed by atoms with van der Waals surface area (Å²) in [6.45, 7) is 4.86. The van der Waals surface area contributed by atoms with Crippen LogP contribution in [0, 0.1) is 5.92 Å². The lowest BCUT2D eigenvalue weighted by atomic mass is 10.0. The molecule has 39 heavy (non-hydrogen) atoms. The highest BCUT2D eigenvalue weighted by molar-refractivity contribution is 5.89. The SMILES string of the molecule is COc1ccc([C@@H](C(=O)NCCC(C)C)N(Cc2ccccc2)C(=O)Cn2nnc3ccccc32)cc1OC. The number of para-hydroxylation sites is 1. The summed E-state index contributed by atoms with van der Waals surface area (Å²) in [4.78, 5) is 29.5. The molecule has 0 spiro atoms. The first kappa shape index (κ1) is 27.6. The van der Waals surface area contributed by atoms with Gasteiger partial charge in [-0.2, -0.15) is 0 Å². The molecular formula is C30H35N5O4. The van der Waals surface area contributed by atoms with Crippen LogP contribution in [0.2, 0.25) is 0 Å². The molecule has 0 aliphatic rings. The molecule has 0 unspecified atom stereocenters. The summed E-state index contributed by atoms with van der Waals surface area (Å²) in [6.07, 6.45) is 0.821. The van der Waals surface area contributed by atoms with Gasteiger partial charge in [-0.1, -0.05) is 67.6 Å². The maximum Gasteiger partial charge on any atom is 0.247 e. The van der Waals surface area contributed by atoms with Crippen LogP contribution in [0.25, 0.3) is 11.0 Å². The van der Waals surface area contributed by atoms with Crippen LogP contribution in [0.5, 0.6) is 11.5 Å². The van der Waals surface area contributed by atoms with Crippen molar-refractivity contribution in [2.75, 3.05) is 20.8 Å². The number of methoxy groups -OCH3 is 2. The zero-order chi connectivity index (χ0) is 27.8. The summed E-state index contributed by atoms with van der Waals surface area (Å²) in [6, 6.07) is 21.5. The van der Waals surface area contributed by atoms with Crippen molar-refractivity contribution in [1.82, 2.24) is 25.2 Å². The molecule has 1 heterocycles. The smallest absolute Gasteiger partial charge is 0.247 e. The zero-order valence-electron chi connectivity index (χ0n) is 22.8. The van der Waals surface area contributed by atoms with Crippen LogP contribution in [0.15, 0.2) is 72.8 Å². The third-order valence-electron chi connectivity index (χ3n) is 6.53. The summed E-state index contributed by atoms with van der Waals surface area (Å²) in [7, 11) is 3.10. The van der Waals surface area contributed by atoms with Gasteiger partial charge in [0.05, 0.1) is 19.7 Å². The number of amides is 2. The van der Waals surface area contributed by atoms with Gasteiger partial charge < -0.3 is 19.7 Å². The molecule has 3 aromatic carbocycles. The van der Waals surface area contributed by atoms with E-state index < -0.39 is 6.04 Å². The molecule has 4 rings (SSSR count). The molecule has 1 aromatic heterocycles. The Bertz CT molecular complexity index is 1400. The molecule has 1 atom stereocenters. The fourth-order valence-electron chi connectivity index (χ4n) is 4.43. The Labute approximate surface area is 228 Å². The van der Waals surface area contributed by atoms with E-state index in [-0.39, 0.29) is 24.9 Å². The van der Waals surface area contributed by atoms with Crippen LogP contribution in [0.4, 0.5) is 0 Å². The van der Waals surface area contributed by atoms with E-state index in [0.29, 0.717) is 35.0 Å². The van der Waals surface area contributed by atoms with Gasteiger partial charge in [0, 0.05) is 13.1 Å². The Kier molecular flexibility index (Phi) is 9.14. The van der Waals surface area contributed by atoms with Crippen molar-refractivity contribution in [3.05, 3.63) is 83.9 Å². The van der Waals surface area contributed by atoms with E-state index >= 15 is 0 Å². The fraction of sp³-hybridized carbons (Fsp3) is 0.333. The molecule has 0 radical (unpaired) electrons. The van der Waals surface area contributed by atoms with Crippen molar-refractivity contribution < 1.29 is 19.1 Å². The summed E-state index contributed by atoms with van der Waals surface area (Å²) < 4.78 is 12.5. The quantitative estimate of drug-likeness (QED) is 0.292. The first-order chi connectivity index (χ1) is 18.9. The lowest BCUT2D eigenvalue weighted by Crippen LogP contribution is -2.45. The molecule has 0 saturated heterocycles. The number of nitrogens with one attached hydrogen (secondary N) is 1. The summed E-state index contributed by atoms with van der Waals surface area (Å²) in [5, 5.41) is 11.4. The maximum absolute atomic E-state index is 14.0. The van der Waals surface area contributed by atoms with E-state index in [9.17, 15) is 9.59 Å². The number of ether oxygens (including phenoxy) is 2. The van der Waals surface area contributed by atoms with Crippen molar-refractivity contribution >= 4 is 22.8 Å². The first-order valence-corrected chi connectivity index (χ1v) is 13.0. The molecule has 0 fully saturated rings. The second-order valence-electron chi connectivity index (χ2n) is 9.73. The van der Waals surface area contributed by atoms with E-state index in [1.807, 2.05) is 54.6 Å². The largest absolute Gasteiger partial charge is 0.493 e. The minimum absolute atomic E-state index is 0.0730. The molecule has 4 aromatic rings. The lowest BCUT2D eigenvalue weighted by Gasteiger charge is -2.32. The molecule has 9 heteroatoms. The van der Waals surface area contributed by atoms with Gasteiger partial charge in [0.25, 0.3) is 0 Å². The number of nitrogens with zero attached hydrogens (tertiary/aromatic N) is 4. The van der Waals surface area contributed by atoms with Crippen LogP contribution in [-0.4, -0.2) is 52.5 Å². The van der Waals surface area contributed by atoms with Gasteiger partial charge in [0.15, 0.2) is 11.5 Å². The number of carbonyl (C=O) groups excluding carboxylic acids is 2. The van der Waals surface area contributed by atoms with E-state index in [0.717, 1.165) is 17.5 Å². The van der Waals surface area contributed by atoms with Crippen molar-refractivity contribution in [3.63, 3.8) is 0 Å². The van der Waals surface area contributed by atoms with Crippen LogP contribution in [0.3, 0.4) is 0 Å². The monoisotopic (exact) mass is 529 g/mol. The first-order valence-electron chi connectivity index (χ1n) is 13.0. The standard InChI is InChI=1S/C30H35N5O4/c1-21(2)16-17-31-30(37)29(23-14-15-26(38-3)27(18-23)39-4)34(19-22-10-6-5-7-11-22)28(36)20-35-25-13-9-8-12-24(25)32-33-35/h5-15,18,21,29H,16-17,19-20H2,1-4H3,(H,31,37)/t29-/m0/s1. The number of hydrogen-bond acceptors (Lipinski definition) is 6. The van der Waals surface area contributed by atoms with Crippen LogP contribution < -0.4 is 14.8 Å². The minimum Gasteiger partial charge on any atom is -0.493 e. The fourth-order valence-corrected chi connectivity index (χ4v) is 4.43. The van der Waals surface area contributed by atoms with Gasteiger partial charge in [-0.3, -0.25) is 9.59 Å². The molecule has 0 saturated carbocycles.